The van der Waals surface area contributed by atoms with Gasteiger partial charge in [0.25, 0.3) is 10.0 Å². The van der Waals surface area contributed by atoms with Crippen LogP contribution in [0.5, 0.6) is 0 Å². The van der Waals surface area contributed by atoms with Gasteiger partial charge in [-0.15, -0.1) is 0 Å². The Labute approximate surface area is 124 Å². The molecule has 21 heavy (non-hydrogen) atoms. The van der Waals surface area contributed by atoms with Gasteiger partial charge in [-0.25, -0.2) is 17.4 Å². The summed E-state index contributed by atoms with van der Waals surface area (Å²) in [5.74, 6) is 0.228. The first-order chi connectivity index (χ1) is 10.0. The van der Waals surface area contributed by atoms with Crippen LogP contribution in [0.3, 0.4) is 0 Å². The minimum atomic E-state index is -3.72. The topological polar surface area (TPSA) is 72.2 Å². The highest BCUT2D eigenvalue weighted by molar-refractivity contribution is 7.90. The molecular formula is C15H18N2O3S. The molecule has 0 aliphatic heterocycles. The van der Waals surface area contributed by atoms with E-state index in [0.717, 1.165) is 23.2 Å². The van der Waals surface area contributed by atoms with Crippen molar-refractivity contribution in [2.45, 2.75) is 42.6 Å². The molecular weight excluding hydrogens is 288 g/mol. The Hall–Kier alpha value is -1.66. The minimum Gasteiger partial charge on any atom is -0.382 e. The molecule has 0 spiro atoms. The number of rotatable bonds is 3. The zero-order valence-electron chi connectivity index (χ0n) is 11.6. The Morgan fingerprint density at radius 2 is 1.76 bits per heavy atom. The molecule has 0 unspecified atom stereocenters. The average molecular weight is 306 g/mol. The third kappa shape index (κ3) is 2.49. The van der Waals surface area contributed by atoms with E-state index < -0.39 is 15.6 Å². The van der Waals surface area contributed by atoms with Gasteiger partial charge < -0.3 is 5.11 Å². The fourth-order valence-corrected chi connectivity index (χ4v) is 4.27. The van der Waals surface area contributed by atoms with E-state index in [1.54, 1.807) is 30.3 Å². The van der Waals surface area contributed by atoms with Gasteiger partial charge in [0, 0.05) is 12.4 Å². The van der Waals surface area contributed by atoms with E-state index in [-0.39, 0.29) is 10.7 Å². The van der Waals surface area contributed by atoms with Crippen LogP contribution in [0.2, 0.25) is 0 Å². The van der Waals surface area contributed by atoms with Crippen LogP contribution in [-0.4, -0.2) is 22.5 Å². The molecule has 112 valence electrons. The molecule has 2 aromatic rings. The Morgan fingerprint density at radius 1 is 1.10 bits per heavy atom. The number of benzene rings is 1. The van der Waals surface area contributed by atoms with Gasteiger partial charge in [-0.2, -0.15) is 0 Å². The van der Waals surface area contributed by atoms with Crippen molar-refractivity contribution < 1.29 is 13.5 Å². The molecule has 1 heterocycles. The maximum absolute atomic E-state index is 12.7. The van der Waals surface area contributed by atoms with Crippen molar-refractivity contribution in [3.8, 4) is 0 Å². The lowest BCUT2D eigenvalue weighted by Gasteiger charge is -2.31. The van der Waals surface area contributed by atoms with Gasteiger partial charge in [-0.3, -0.25) is 0 Å². The maximum atomic E-state index is 12.7. The molecule has 3 rings (SSSR count). The lowest BCUT2D eigenvalue weighted by Crippen LogP contribution is -2.33. The predicted octanol–water partition coefficient (Wildman–Crippen LogP) is 2.27. The SMILES string of the molecule is O=S(=O)(c1ccccc1)n1ccnc1C1(O)CCCCC1. The first kappa shape index (κ1) is 14.3. The summed E-state index contributed by atoms with van der Waals surface area (Å²) in [5.41, 5.74) is -1.15. The van der Waals surface area contributed by atoms with Gasteiger partial charge in [0.2, 0.25) is 0 Å². The standard InChI is InChI=1S/C15H18N2O3S/c18-15(9-5-2-6-10-15)14-16-11-12-17(14)21(19,20)13-7-3-1-4-8-13/h1,3-4,7-8,11-12,18H,2,5-6,9-10H2. The van der Waals surface area contributed by atoms with Crippen molar-refractivity contribution in [1.82, 2.24) is 8.96 Å². The second kappa shape index (κ2) is 5.27. The van der Waals surface area contributed by atoms with Crippen LogP contribution in [0.4, 0.5) is 0 Å². The highest BCUT2D eigenvalue weighted by Gasteiger charge is 2.37. The average Bonchev–Trinajstić information content (AvgIpc) is 3.00. The van der Waals surface area contributed by atoms with Crippen LogP contribution in [0.25, 0.3) is 0 Å². The maximum Gasteiger partial charge on any atom is 0.269 e. The van der Waals surface area contributed by atoms with Gasteiger partial charge in [-0.05, 0) is 25.0 Å². The third-order valence-electron chi connectivity index (χ3n) is 4.00. The second-order valence-corrected chi connectivity index (χ2v) is 7.27. The van der Waals surface area contributed by atoms with E-state index in [2.05, 4.69) is 4.98 Å². The van der Waals surface area contributed by atoms with Gasteiger partial charge in [0.05, 0.1) is 4.90 Å². The normalized spacial score (nSPS) is 18.5. The number of aliphatic hydroxyl groups is 1. The quantitative estimate of drug-likeness (QED) is 0.944. The highest BCUT2D eigenvalue weighted by Crippen LogP contribution is 2.36. The van der Waals surface area contributed by atoms with Crippen molar-refractivity contribution in [2.24, 2.45) is 0 Å². The van der Waals surface area contributed by atoms with Crippen LogP contribution in [0.1, 0.15) is 37.9 Å². The van der Waals surface area contributed by atoms with E-state index in [0.29, 0.717) is 12.8 Å². The van der Waals surface area contributed by atoms with E-state index in [4.69, 9.17) is 0 Å². The van der Waals surface area contributed by atoms with Crippen LogP contribution >= 0.6 is 0 Å². The summed E-state index contributed by atoms with van der Waals surface area (Å²) in [6, 6.07) is 8.22. The van der Waals surface area contributed by atoms with Gasteiger partial charge in [-0.1, -0.05) is 37.5 Å². The number of nitrogens with zero attached hydrogens (tertiary/aromatic N) is 2. The predicted molar refractivity (Wildman–Crippen MR) is 78.2 cm³/mol. The fraction of sp³-hybridized carbons (Fsp3) is 0.400. The Balaban J connectivity index is 2.07. The molecule has 1 fully saturated rings. The van der Waals surface area contributed by atoms with Crippen molar-refractivity contribution in [1.29, 1.82) is 0 Å². The van der Waals surface area contributed by atoms with E-state index in [9.17, 15) is 13.5 Å². The molecule has 1 aliphatic rings. The molecule has 6 heteroatoms. The van der Waals surface area contributed by atoms with Gasteiger partial charge in [0.1, 0.15) is 5.60 Å². The van der Waals surface area contributed by atoms with E-state index in [1.807, 2.05) is 0 Å². The molecule has 1 N–H and O–H groups in total. The summed E-state index contributed by atoms with van der Waals surface area (Å²) in [4.78, 5) is 4.34. The molecule has 0 radical (unpaired) electrons. The fourth-order valence-electron chi connectivity index (χ4n) is 2.88. The smallest absolute Gasteiger partial charge is 0.269 e. The van der Waals surface area contributed by atoms with Crippen molar-refractivity contribution in [3.05, 3.63) is 48.5 Å². The largest absolute Gasteiger partial charge is 0.382 e. The van der Waals surface area contributed by atoms with Crippen LogP contribution in [-0.2, 0) is 15.6 Å². The zero-order chi connectivity index (χ0) is 14.9. The third-order valence-corrected chi connectivity index (χ3v) is 5.69. The summed E-state index contributed by atoms with van der Waals surface area (Å²) < 4.78 is 26.5. The summed E-state index contributed by atoms with van der Waals surface area (Å²) in [6.07, 6.45) is 6.77. The van der Waals surface area contributed by atoms with Crippen LogP contribution < -0.4 is 0 Å². The minimum absolute atomic E-state index is 0.198. The first-order valence-electron chi connectivity index (χ1n) is 7.11. The lowest BCUT2D eigenvalue weighted by molar-refractivity contribution is -0.00931. The summed E-state index contributed by atoms with van der Waals surface area (Å²) >= 11 is 0. The summed E-state index contributed by atoms with van der Waals surface area (Å²) in [7, 11) is -3.72. The van der Waals surface area contributed by atoms with Gasteiger partial charge in [0.15, 0.2) is 5.82 Å². The second-order valence-electron chi connectivity index (χ2n) is 5.46. The number of hydrogen-bond donors (Lipinski definition) is 1. The first-order valence-corrected chi connectivity index (χ1v) is 8.55. The summed E-state index contributed by atoms with van der Waals surface area (Å²) in [5, 5.41) is 10.8. The number of hydrogen-bond acceptors (Lipinski definition) is 4. The Morgan fingerprint density at radius 3 is 2.43 bits per heavy atom. The molecule has 1 aliphatic carbocycles. The monoisotopic (exact) mass is 306 g/mol. The van der Waals surface area contributed by atoms with Gasteiger partial charge >= 0.3 is 0 Å². The van der Waals surface area contributed by atoms with Crippen molar-refractivity contribution in [2.75, 3.05) is 0 Å². The molecule has 0 bridgehead atoms. The summed E-state index contributed by atoms with van der Waals surface area (Å²) in [6.45, 7) is 0. The van der Waals surface area contributed by atoms with Crippen LogP contribution in [0, 0.1) is 0 Å². The van der Waals surface area contributed by atoms with E-state index in [1.165, 1.54) is 12.4 Å². The van der Waals surface area contributed by atoms with Crippen LogP contribution in [0.15, 0.2) is 47.6 Å². The molecule has 0 atom stereocenters. The molecule has 5 nitrogen and oxygen atoms in total. The number of imidazole rings is 1. The Bertz CT molecular complexity index is 716. The number of aromatic nitrogens is 2. The Kier molecular flexibility index (Phi) is 3.59. The molecule has 0 saturated heterocycles. The van der Waals surface area contributed by atoms with Crippen molar-refractivity contribution >= 4 is 10.0 Å². The molecule has 1 saturated carbocycles. The molecule has 1 aromatic heterocycles. The zero-order valence-corrected chi connectivity index (χ0v) is 12.5. The van der Waals surface area contributed by atoms with Crippen molar-refractivity contribution in [3.63, 3.8) is 0 Å². The molecule has 0 amide bonds. The lowest BCUT2D eigenvalue weighted by atomic mass is 9.84. The molecule has 1 aromatic carbocycles. The van der Waals surface area contributed by atoms with E-state index >= 15 is 0 Å². The highest BCUT2D eigenvalue weighted by atomic mass is 32.2.